The summed E-state index contributed by atoms with van der Waals surface area (Å²) in [6, 6.07) is 9.89. The van der Waals surface area contributed by atoms with Gasteiger partial charge in [-0.25, -0.2) is 0 Å². The van der Waals surface area contributed by atoms with Gasteiger partial charge < -0.3 is 24.1 Å². The Bertz CT molecular complexity index is 817. The van der Waals surface area contributed by atoms with E-state index in [0.717, 1.165) is 16.7 Å². The molecule has 0 fully saturated rings. The molecule has 1 aliphatic carbocycles. The molecule has 0 spiro atoms. The van der Waals surface area contributed by atoms with Crippen LogP contribution in [0.3, 0.4) is 0 Å². The van der Waals surface area contributed by atoms with Crippen molar-refractivity contribution in [2.75, 3.05) is 28.4 Å². The summed E-state index contributed by atoms with van der Waals surface area (Å²) in [5.41, 5.74) is 3.06. The first-order valence-corrected chi connectivity index (χ1v) is 9.12. The van der Waals surface area contributed by atoms with E-state index >= 15 is 0 Å². The average molecular weight is 372 g/mol. The Morgan fingerprint density at radius 2 is 1.19 bits per heavy atom. The van der Waals surface area contributed by atoms with Crippen LogP contribution in [0.1, 0.15) is 42.6 Å². The molecule has 0 aromatic heterocycles. The van der Waals surface area contributed by atoms with Crippen LogP contribution in [0, 0.1) is 11.8 Å². The molecule has 0 heterocycles. The highest BCUT2D eigenvalue weighted by Gasteiger charge is 2.39. The zero-order valence-electron chi connectivity index (χ0n) is 16.8. The minimum atomic E-state index is -0.550. The molecule has 0 amide bonds. The molecule has 0 saturated carbocycles. The summed E-state index contributed by atoms with van der Waals surface area (Å²) in [7, 11) is 6.50. The topological polar surface area (TPSA) is 57.2 Å². The fourth-order valence-electron chi connectivity index (χ4n) is 4.12. The summed E-state index contributed by atoms with van der Waals surface area (Å²) in [5.74, 6) is 3.10. The van der Waals surface area contributed by atoms with Crippen LogP contribution in [0.4, 0.5) is 0 Å². The first kappa shape index (κ1) is 19.4. The molecule has 0 aliphatic heterocycles. The van der Waals surface area contributed by atoms with E-state index in [0.29, 0.717) is 23.0 Å². The van der Waals surface area contributed by atoms with Crippen LogP contribution in [-0.4, -0.2) is 33.5 Å². The summed E-state index contributed by atoms with van der Waals surface area (Å²) < 4.78 is 21.8. The molecular formula is C22H28O5. The SMILES string of the molecule is COc1ccc([C@H]2c3cc(OC)c(OC)cc3[C@@H](O)[C@H](C)[C@H]2C)cc1OC. The van der Waals surface area contributed by atoms with E-state index in [9.17, 15) is 5.11 Å². The summed E-state index contributed by atoms with van der Waals surface area (Å²) in [6.45, 7) is 4.26. The summed E-state index contributed by atoms with van der Waals surface area (Å²) in [5, 5.41) is 10.9. The normalized spacial score (nSPS) is 24.1. The molecule has 5 heteroatoms. The Balaban J connectivity index is 2.20. The average Bonchev–Trinajstić information content (AvgIpc) is 2.71. The quantitative estimate of drug-likeness (QED) is 0.854. The Morgan fingerprint density at radius 1 is 0.667 bits per heavy atom. The maximum absolute atomic E-state index is 10.9. The molecule has 2 aromatic rings. The molecule has 0 bridgehead atoms. The number of methoxy groups -OCH3 is 4. The van der Waals surface area contributed by atoms with Crippen LogP contribution in [-0.2, 0) is 0 Å². The Hall–Kier alpha value is -2.40. The number of benzene rings is 2. The second-order valence-electron chi connectivity index (χ2n) is 7.09. The van der Waals surface area contributed by atoms with E-state index in [1.807, 2.05) is 24.3 Å². The van der Waals surface area contributed by atoms with Gasteiger partial charge in [0.05, 0.1) is 34.5 Å². The van der Waals surface area contributed by atoms with E-state index in [-0.39, 0.29) is 17.8 Å². The summed E-state index contributed by atoms with van der Waals surface area (Å²) in [6.07, 6.45) is -0.550. The van der Waals surface area contributed by atoms with Crippen molar-refractivity contribution in [3.63, 3.8) is 0 Å². The van der Waals surface area contributed by atoms with Crippen molar-refractivity contribution in [1.29, 1.82) is 0 Å². The lowest BCUT2D eigenvalue weighted by Gasteiger charge is -2.40. The molecule has 4 atom stereocenters. The second kappa shape index (κ2) is 7.69. The van der Waals surface area contributed by atoms with Crippen LogP contribution in [0.2, 0.25) is 0 Å². The standard InChI is InChI=1S/C22H28O5/c1-12-13(2)22(23)16-11-20(27-6)19(26-5)10-15(16)21(12)14-7-8-17(24-3)18(9-14)25-4/h7-13,21-23H,1-6H3/t12-,13-,21+,22+/m1/s1. The van der Waals surface area contributed by atoms with Gasteiger partial charge in [0.2, 0.25) is 0 Å². The first-order valence-electron chi connectivity index (χ1n) is 9.12. The number of fused-ring (bicyclic) bond motifs is 1. The molecule has 0 radical (unpaired) electrons. The molecule has 27 heavy (non-hydrogen) atoms. The van der Waals surface area contributed by atoms with Gasteiger partial charge in [-0.05, 0) is 52.8 Å². The minimum Gasteiger partial charge on any atom is -0.493 e. The minimum absolute atomic E-state index is 0.0914. The maximum atomic E-state index is 10.9. The van der Waals surface area contributed by atoms with Crippen molar-refractivity contribution < 1.29 is 24.1 Å². The smallest absolute Gasteiger partial charge is 0.161 e. The Kier molecular flexibility index (Phi) is 5.51. The summed E-state index contributed by atoms with van der Waals surface area (Å²) in [4.78, 5) is 0. The van der Waals surface area contributed by atoms with Gasteiger partial charge in [0.25, 0.3) is 0 Å². The highest BCUT2D eigenvalue weighted by Crippen LogP contribution is 2.51. The Morgan fingerprint density at radius 3 is 1.74 bits per heavy atom. The van der Waals surface area contributed by atoms with Crippen LogP contribution >= 0.6 is 0 Å². The third-order valence-electron chi connectivity index (χ3n) is 5.86. The Labute approximate surface area is 160 Å². The predicted octanol–water partition coefficient (Wildman–Crippen LogP) is 4.17. The number of hydrogen-bond donors (Lipinski definition) is 1. The van der Waals surface area contributed by atoms with E-state index in [1.165, 1.54) is 0 Å². The lowest BCUT2D eigenvalue weighted by Crippen LogP contribution is -2.30. The van der Waals surface area contributed by atoms with Crippen molar-refractivity contribution in [2.24, 2.45) is 11.8 Å². The lowest BCUT2D eigenvalue weighted by atomic mass is 9.66. The number of hydrogen-bond acceptors (Lipinski definition) is 5. The highest BCUT2D eigenvalue weighted by molar-refractivity contribution is 5.54. The van der Waals surface area contributed by atoms with Gasteiger partial charge in [-0.1, -0.05) is 19.9 Å². The molecule has 0 saturated heterocycles. The van der Waals surface area contributed by atoms with Crippen molar-refractivity contribution in [1.82, 2.24) is 0 Å². The molecule has 5 nitrogen and oxygen atoms in total. The van der Waals surface area contributed by atoms with Crippen molar-refractivity contribution in [2.45, 2.75) is 25.9 Å². The number of aliphatic hydroxyl groups excluding tert-OH is 1. The number of rotatable bonds is 5. The van der Waals surface area contributed by atoms with Crippen molar-refractivity contribution >= 4 is 0 Å². The van der Waals surface area contributed by atoms with Gasteiger partial charge in [0.15, 0.2) is 23.0 Å². The fraction of sp³-hybridized carbons (Fsp3) is 0.455. The predicted molar refractivity (Wildman–Crippen MR) is 104 cm³/mol. The maximum Gasteiger partial charge on any atom is 0.161 e. The molecule has 2 aromatic carbocycles. The van der Waals surface area contributed by atoms with Crippen LogP contribution in [0.15, 0.2) is 30.3 Å². The largest absolute Gasteiger partial charge is 0.493 e. The number of aliphatic hydroxyl groups is 1. The van der Waals surface area contributed by atoms with Crippen LogP contribution in [0.5, 0.6) is 23.0 Å². The third kappa shape index (κ3) is 3.21. The molecular weight excluding hydrogens is 344 g/mol. The van der Waals surface area contributed by atoms with Crippen LogP contribution < -0.4 is 18.9 Å². The monoisotopic (exact) mass is 372 g/mol. The first-order chi connectivity index (χ1) is 13.0. The molecule has 0 unspecified atom stereocenters. The van der Waals surface area contributed by atoms with Gasteiger partial charge in [-0.2, -0.15) is 0 Å². The van der Waals surface area contributed by atoms with Gasteiger partial charge >= 0.3 is 0 Å². The van der Waals surface area contributed by atoms with Gasteiger partial charge in [-0.3, -0.25) is 0 Å². The number of ether oxygens (including phenoxy) is 4. The highest BCUT2D eigenvalue weighted by atomic mass is 16.5. The van der Waals surface area contributed by atoms with Gasteiger partial charge in [-0.15, -0.1) is 0 Å². The molecule has 1 aliphatic rings. The van der Waals surface area contributed by atoms with Crippen molar-refractivity contribution in [3.05, 3.63) is 47.0 Å². The lowest BCUT2D eigenvalue weighted by molar-refractivity contribution is 0.0684. The zero-order chi connectivity index (χ0) is 19.7. The second-order valence-corrected chi connectivity index (χ2v) is 7.09. The van der Waals surface area contributed by atoms with Gasteiger partial charge in [0.1, 0.15) is 0 Å². The summed E-state index contributed by atoms with van der Waals surface area (Å²) >= 11 is 0. The van der Waals surface area contributed by atoms with Gasteiger partial charge in [0, 0.05) is 5.92 Å². The van der Waals surface area contributed by atoms with E-state index < -0.39 is 6.10 Å². The van der Waals surface area contributed by atoms with Crippen LogP contribution in [0.25, 0.3) is 0 Å². The molecule has 1 N–H and O–H groups in total. The zero-order valence-corrected chi connectivity index (χ0v) is 16.8. The molecule has 3 rings (SSSR count). The molecule has 146 valence electrons. The van der Waals surface area contributed by atoms with E-state index in [2.05, 4.69) is 19.9 Å². The third-order valence-corrected chi connectivity index (χ3v) is 5.86. The van der Waals surface area contributed by atoms with E-state index in [1.54, 1.807) is 28.4 Å². The van der Waals surface area contributed by atoms with E-state index in [4.69, 9.17) is 18.9 Å². The van der Waals surface area contributed by atoms with Crippen molar-refractivity contribution in [3.8, 4) is 23.0 Å². The fourth-order valence-corrected chi connectivity index (χ4v) is 4.12.